The first kappa shape index (κ1) is 15.4. The van der Waals surface area contributed by atoms with Gasteiger partial charge in [0.15, 0.2) is 6.10 Å². The normalized spacial score (nSPS) is 19.7. The Hall–Kier alpha value is -2.02. The van der Waals surface area contributed by atoms with E-state index in [4.69, 9.17) is 10.00 Å². The molecule has 1 heterocycles. The van der Waals surface area contributed by atoms with Gasteiger partial charge in [0.25, 0.3) is 5.91 Å². The third-order valence-electron chi connectivity index (χ3n) is 4.01. The molecule has 1 aliphatic heterocycles. The monoisotopic (exact) mass is 286 g/mol. The highest BCUT2D eigenvalue weighted by atomic mass is 16.5. The lowest BCUT2D eigenvalue weighted by molar-refractivity contribution is -0.141. The van der Waals surface area contributed by atoms with Crippen molar-refractivity contribution in [1.82, 2.24) is 4.90 Å². The number of nitriles is 1. The zero-order valence-corrected chi connectivity index (χ0v) is 12.7. The van der Waals surface area contributed by atoms with Crippen LogP contribution in [0.5, 0.6) is 5.75 Å². The Balaban J connectivity index is 2.03. The highest BCUT2D eigenvalue weighted by Crippen LogP contribution is 2.22. The van der Waals surface area contributed by atoms with Crippen LogP contribution < -0.4 is 4.74 Å². The maximum Gasteiger partial charge on any atom is 0.263 e. The minimum atomic E-state index is -0.522. The van der Waals surface area contributed by atoms with Crippen LogP contribution in [0.15, 0.2) is 24.3 Å². The first-order valence-electron chi connectivity index (χ1n) is 7.63. The van der Waals surface area contributed by atoms with Crippen LogP contribution in [-0.4, -0.2) is 29.5 Å². The number of benzene rings is 1. The van der Waals surface area contributed by atoms with Crippen LogP contribution in [0, 0.1) is 11.3 Å². The van der Waals surface area contributed by atoms with Crippen LogP contribution >= 0.6 is 0 Å². The maximum absolute atomic E-state index is 12.6. The molecule has 0 aromatic heterocycles. The molecule has 2 atom stereocenters. The number of nitrogens with zero attached hydrogens (tertiary/aromatic N) is 2. The summed E-state index contributed by atoms with van der Waals surface area (Å²) in [7, 11) is 0. The SMILES string of the molecule is CCC1CCCCN1C(=O)C(C)Oc1cccc(C#N)c1. The lowest BCUT2D eigenvalue weighted by Crippen LogP contribution is -2.48. The average Bonchev–Trinajstić information content (AvgIpc) is 2.54. The standard InChI is InChI=1S/C17H22N2O2/c1-3-15-8-4-5-10-19(15)17(20)13(2)21-16-9-6-7-14(11-16)12-18/h6-7,9,11,13,15H,3-5,8,10H2,1-2H3. The van der Waals surface area contributed by atoms with Crippen LogP contribution in [0.1, 0.15) is 45.1 Å². The average molecular weight is 286 g/mol. The Morgan fingerprint density at radius 2 is 2.33 bits per heavy atom. The van der Waals surface area contributed by atoms with Crippen molar-refractivity contribution in [3.05, 3.63) is 29.8 Å². The van der Waals surface area contributed by atoms with Gasteiger partial charge < -0.3 is 9.64 Å². The van der Waals surface area contributed by atoms with Crippen LogP contribution in [0.25, 0.3) is 0 Å². The number of carbonyl (C=O) groups is 1. The van der Waals surface area contributed by atoms with Gasteiger partial charge in [-0.1, -0.05) is 13.0 Å². The molecule has 1 aromatic carbocycles. The van der Waals surface area contributed by atoms with Gasteiger partial charge in [0.05, 0.1) is 11.6 Å². The van der Waals surface area contributed by atoms with E-state index in [0.29, 0.717) is 17.4 Å². The number of amides is 1. The second-order valence-electron chi connectivity index (χ2n) is 5.49. The third kappa shape index (κ3) is 3.75. The van der Waals surface area contributed by atoms with Crippen molar-refractivity contribution in [1.29, 1.82) is 5.26 Å². The van der Waals surface area contributed by atoms with Gasteiger partial charge in [-0.2, -0.15) is 5.26 Å². The Morgan fingerprint density at radius 3 is 3.05 bits per heavy atom. The van der Waals surface area contributed by atoms with Crippen molar-refractivity contribution in [2.45, 2.75) is 51.7 Å². The molecule has 1 saturated heterocycles. The molecule has 0 spiro atoms. The molecule has 0 radical (unpaired) electrons. The first-order chi connectivity index (χ1) is 10.2. The van der Waals surface area contributed by atoms with E-state index in [1.165, 1.54) is 6.42 Å². The Labute approximate surface area is 126 Å². The quantitative estimate of drug-likeness (QED) is 0.854. The fourth-order valence-corrected chi connectivity index (χ4v) is 2.84. The fraction of sp³-hybridized carbons (Fsp3) is 0.529. The van der Waals surface area contributed by atoms with Crippen LogP contribution in [-0.2, 0) is 4.79 Å². The fourth-order valence-electron chi connectivity index (χ4n) is 2.84. The van der Waals surface area contributed by atoms with Gasteiger partial charge in [-0.15, -0.1) is 0 Å². The molecule has 1 aliphatic rings. The number of carbonyl (C=O) groups excluding carboxylic acids is 1. The molecule has 1 fully saturated rings. The maximum atomic E-state index is 12.6. The number of rotatable bonds is 4. The Morgan fingerprint density at radius 1 is 1.52 bits per heavy atom. The molecule has 4 heteroatoms. The molecule has 0 N–H and O–H groups in total. The van der Waals surface area contributed by atoms with Crippen molar-refractivity contribution in [3.8, 4) is 11.8 Å². The van der Waals surface area contributed by atoms with Gasteiger partial charge in [-0.05, 0) is 50.8 Å². The molecule has 2 rings (SSSR count). The molecule has 21 heavy (non-hydrogen) atoms. The summed E-state index contributed by atoms with van der Waals surface area (Å²) >= 11 is 0. The van der Waals surface area contributed by atoms with Crippen molar-refractivity contribution in [2.24, 2.45) is 0 Å². The summed E-state index contributed by atoms with van der Waals surface area (Å²) in [6.07, 6.45) is 3.81. The van der Waals surface area contributed by atoms with Crippen LogP contribution in [0.4, 0.5) is 0 Å². The number of hydrogen-bond donors (Lipinski definition) is 0. The van der Waals surface area contributed by atoms with E-state index >= 15 is 0 Å². The van der Waals surface area contributed by atoms with E-state index < -0.39 is 6.10 Å². The second-order valence-corrected chi connectivity index (χ2v) is 5.49. The molecule has 1 amide bonds. The minimum absolute atomic E-state index is 0.0453. The van der Waals surface area contributed by atoms with Gasteiger partial charge in [0.1, 0.15) is 5.75 Å². The van der Waals surface area contributed by atoms with Crippen molar-refractivity contribution in [2.75, 3.05) is 6.54 Å². The van der Waals surface area contributed by atoms with E-state index in [0.717, 1.165) is 25.8 Å². The molecule has 0 bridgehead atoms. The van der Waals surface area contributed by atoms with Crippen molar-refractivity contribution >= 4 is 5.91 Å². The summed E-state index contributed by atoms with van der Waals surface area (Å²) in [5.41, 5.74) is 0.538. The van der Waals surface area contributed by atoms with Gasteiger partial charge in [0.2, 0.25) is 0 Å². The summed E-state index contributed by atoms with van der Waals surface area (Å²) in [5.74, 6) is 0.615. The molecule has 112 valence electrons. The first-order valence-corrected chi connectivity index (χ1v) is 7.63. The summed E-state index contributed by atoms with van der Waals surface area (Å²) in [6, 6.07) is 9.33. The summed E-state index contributed by atoms with van der Waals surface area (Å²) in [4.78, 5) is 14.5. The largest absolute Gasteiger partial charge is 0.481 e. The van der Waals surface area contributed by atoms with Crippen molar-refractivity contribution < 1.29 is 9.53 Å². The summed E-state index contributed by atoms with van der Waals surface area (Å²) in [6.45, 7) is 4.73. The predicted molar refractivity (Wildman–Crippen MR) is 80.9 cm³/mol. The zero-order valence-electron chi connectivity index (χ0n) is 12.7. The highest BCUT2D eigenvalue weighted by molar-refractivity contribution is 5.81. The Bertz CT molecular complexity index is 536. The number of ether oxygens (including phenoxy) is 1. The highest BCUT2D eigenvalue weighted by Gasteiger charge is 2.29. The van der Waals surface area contributed by atoms with Crippen molar-refractivity contribution in [3.63, 3.8) is 0 Å². The van der Waals surface area contributed by atoms with E-state index in [1.807, 2.05) is 4.90 Å². The molecule has 2 unspecified atom stereocenters. The van der Waals surface area contributed by atoms with Crippen LogP contribution in [0.3, 0.4) is 0 Å². The third-order valence-corrected chi connectivity index (χ3v) is 4.01. The van der Waals surface area contributed by atoms with Crippen LogP contribution in [0.2, 0.25) is 0 Å². The van der Waals surface area contributed by atoms with Gasteiger partial charge in [-0.3, -0.25) is 4.79 Å². The lowest BCUT2D eigenvalue weighted by Gasteiger charge is -2.36. The molecular formula is C17H22N2O2. The molecule has 0 saturated carbocycles. The zero-order chi connectivity index (χ0) is 15.2. The topological polar surface area (TPSA) is 53.3 Å². The van der Waals surface area contributed by atoms with Gasteiger partial charge >= 0.3 is 0 Å². The molecule has 1 aromatic rings. The molecular weight excluding hydrogens is 264 g/mol. The number of hydrogen-bond acceptors (Lipinski definition) is 3. The van der Waals surface area contributed by atoms with E-state index in [2.05, 4.69) is 13.0 Å². The van der Waals surface area contributed by atoms with Gasteiger partial charge in [0, 0.05) is 12.6 Å². The van der Waals surface area contributed by atoms with E-state index in [1.54, 1.807) is 31.2 Å². The molecule has 0 aliphatic carbocycles. The van der Waals surface area contributed by atoms with E-state index in [9.17, 15) is 4.79 Å². The lowest BCUT2D eigenvalue weighted by atomic mass is 9.99. The summed E-state index contributed by atoms with van der Waals surface area (Å²) < 4.78 is 5.72. The number of piperidine rings is 1. The second kappa shape index (κ2) is 7.12. The molecule has 4 nitrogen and oxygen atoms in total. The smallest absolute Gasteiger partial charge is 0.263 e. The minimum Gasteiger partial charge on any atom is -0.481 e. The summed E-state index contributed by atoms with van der Waals surface area (Å²) in [5, 5.41) is 8.90. The Kier molecular flexibility index (Phi) is 5.21. The number of likely N-dealkylation sites (tertiary alicyclic amines) is 1. The van der Waals surface area contributed by atoms with Gasteiger partial charge in [-0.25, -0.2) is 0 Å². The predicted octanol–water partition coefficient (Wildman–Crippen LogP) is 3.12. The van der Waals surface area contributed by atoms with E-state index in [-0.39, 0.29) is 5.91 Å².